The quantitative estimate of drug-likeness (QED) is 0.583. The minimum Gasteiger partial charge on any atom is -0.468 e. The Labute approximate surface area is 215 Å². The number of carbonyl (C=O) groups is 2. The predicted octanol–water partition coefficient (Wildman–Crippen LogP) is 3.34. The van der Waals surface area contributed by atoms with Gasteiger partial charge in [0.1, 0.15) is 6.04 Å². The van der Waals surface area contributed by atoms with Gasteiger partial charge in [-0.3, -0.25) is 9.69 Å². The highest BCUT2D eigenvalue weighted by molar-refractivity contribution is 7.90. The molecule has 2 unspecified atom stereocenters. The van der Waals surface area contributed by atoms with Crippen molar-refractivity contribution in [3.8, 4) is 11.1 Å². The van der Waals surface area contributed by atoms with E-state index in [-0.39, 0.29) is 23.0 Å². The van der Waals surface area contributed by atoms with Crippen LogP contribution in [0.3, 0.4) is 0 Å². The van der Waals surface area contributed by atoms with E-state index in [1.165, 1.54) is 13.2 Å². The number of aryl methyl sites for hydroxylation is 1. The lowest BCUT2D eigenvalue weighted by Crippen LogP contribution is -2.55. The molecule has 0 radical (unpaired) electrons. The number of carbonyl (C=O) groups excluding carboxylic acids is 2. The molecule has 2 heterocycles. The number of methoxy groups -OCH3 is 1. The summed E-state index contributed by atoms with van der Waals surface area (Å²) in [6, 6.07) is 9.52. The van der Waals surface area contributed by atoms with Crippen LogP contribution in [0.2, 0.25) is 5.02 Å². The highest BCUT2D eigenvalue weighted by atomic mass is 35.5. The van der Waals surface area contributed by atoms with Crippen LogP contribution in [-0.2, 0) is 28.9 Å². The van der Waals surface area contributed by atoms with Crippen LogP contribution >= 0.6 is 11.6 Å². The molecule has 1 fully saturated rings. The zero-order chi connectivity index (χ0) is 26.4. The molecule has 10 heteroatoms. The Morgan fingerprint density at radius 3 is 2.64 bits per heavy atom. The molecule has 2 aromatic carbocycles. The molecule has 2 aromatic rings. The molecular formula is C26H29ClN2O6S. The lowest BCUT2D eigenvalue weighted by Gasteiger charge is -2.41. The van der Waals surface area contributed by atoms with Crippen LogP contribution in [-0.4, -0.2) is 63.4 Å². The van der Waals surface area contributed by atoms with Crippen molar-refractivity contribution in [3.05, 3.63) is 58.2 Å². The van der Waals surface area contributed by atoms with Gasteiger partial charge >= 0.3 is 11.9 Å². The third kappa shape index (κ3) is 4.63. The third-order valence-corrected chi connectivity index (χ3v) is 8.41. The average molecular weight is 533 g/mol. The number of rotatable bonds is 5. The van der Waals surface area contributed by atoms with Crippen LogP contribution in [0.1, 0.15) is 30.9 Å². The van der Waals surface area contributed by atoms with Crippen LogP contribution in [0.25, 0.3) is 16.7 Å². The fraction of sp³-hybridized carbons (Fsp3) is 0.385. The van der Waals surface area contributed by atoms with Gasteiger partial charge in [-0.15, -0.1) is 0 Å². The SMILES string of the molecule is COC(=O)C(C)N1CCCC2(C1)OC(=O)C(c1cc(Cl)c(-c3cccc(S(C)(=O)=O)c3)cc1C)=C2N. The Morgan fingerprint density at radius 1 is 1.25 bits per heavy atom. The molecule has 1 spiro atoms. The first kappa shape index (κ1) is 26.2. The first-order valence-electron chi connectivity index (χ1n) is 11.5. The number of benzene rings is 2. The van der Waals surface area contributed by atoms with E-state index < -0.39 is 27.4 Å². The molecule has 0 aromatic heterocycles. The first-order chi connectivity index (χ1) is 16.9. The summed E-state index contributed by atoms with van der Waals surface area (Å²) in [4.78, 5) is 27.3. The van der Waals surface area contributed by atoms with Gasteiger partial charge in [-0.25, -0.2) is 13.2 Å². The summed E-state index contributed by atoms with van der Waals surface area (Å²) in [6.07, 6.45) is 2.39. The van der Waals surface area contributed by atoms with Crippen molar-refractivity contribution < 1.29 is 27.5 Å². The zero-order valence-electron chi connectivity index (χ0n) is 20.6. The number of nitrogens with zero attached hydrogens (tertiary/aromatic N) is 1. The molecule has 4 rings (SSSR count). The van der Waals surface area contributed by atoms with Crippen molar-refractivity contribution in [2.24, 2.45) is 5.73 Å². The molecule has 2 atom stereocenters. The number of likely N-dealkylation sites (tertiary alicyclic amines) is 1. The van der Waals surface area contributed by atoms with Crippen LogP contribution in [0, 0.1) is 6.92 Å². The maximum atomic E-state index is 13.1. The van der Waals surface area contributed by atoms with Crippen molar-refractivity contribution in [1.29, 1.82) is 0 Å². The minimum atomic E-state index is -3.39. The van der Waals surface area contributed by atoms with E-state index in [4.69, 9.17) is 26.8 Å². The number of sulfone groups is 1. The monoisotopic (exact) mass is 532 g/mol. The first-order valence-corrected chi connectivity index (χ1v) is 13.8. The molecule has 192 valence electrons. The van der Waals surface area contributed by atoms with Crippen LogP contribution < -0.4 is 5.73 Å². The van der Waals surface area contributed by atoms with Gasteiger partial charge in [0, 0.05) is 23.4 Å². The van der Waals surface area contributed by atoms with E-state index >= 15 is 0 Å². The minimum absolute atomic E-state index is 0.189. The van der Waals surface area contributed by atoms with Crippen molar-refractivity contribution in [2.45, 2.75) is 43.2 Å². The zero-order valence-corrected chi connectivity index (χ0v) is 22.2. The molecule has 36 heavy (non-hydrogen) atoms. The number of nitrogens with two attached hydrogens (primary N) is 1. The van der Waals surface area contributed by atoms with E-state index in [1.54, 1.807) is 31.2 Å². The Balaban J connectivity index is 1.73. The van der Waals surface area contributed by atoms with Crippen LogP contribution in [0.15, 0.2) is 47.0 Å². The highest BCUT2D eigenvalue weighted by Gasteiger charge is 2.50. The van der Waals surface area contributed by atoms with E-state index in [1.807, 2.05) is 17.9 Å². The second-order valence-electron chi connectivity index (χ2n) is 9.39. The molecule has 2 aliphatic rings. The largest absolute Gasteiger partial charge is 0.468 e. The molecule has 0 bridgehead atoms. The Kier molecular flexibility index (Phi) is 6.94. The van der Waals surface area contributed by atoms with Crippen LogP contribution in [0.4, 0.5) is 0 Å². The smallest absolute Gasteiger partial charge is 0.341 e. The summed E-state index contributed by atoms with van der Waals surface area (Å²) in [6.45, 7) is 4.53. The standard InChI is InChI=1S/C26H29ClN2O6S/c1-15-11-20(17-7-5-8-18(12-17)36(4,32)33)21(27)13-19(15)22-23(28)26(35-25(22)31)9-6-10-29(14-26)16(2)24(30)34-3/h5,7-8,11-13,16H,6,9-10,14,28H2,1-4H3. The predicted molar refractivity (Wildman–Crippen MR) is 137 cm³/mol. The van der Waals surface area contributed by atoms with Gasteiger partial charge in [0.05, 0.1) is 23.3 Å². The van der Waals surface area contributed by atoms with Gasteiger partial charge in [-0.2, -0.15) is 0 Å². The number of hydrogen-bond acceptors (Lipinski definition) is 8. The van der Waals surface area contributed by atoms with Gasteiger partial charge in [-0.05, 0) is 74.2 Å². The normalized spacial score (nSPS) is 21.5. The molecule has 2 N–H and O–H groups in total. The fourth-order valence-corrected chi connectivity index (χ4v) is 5.89. The summed E-state index contributed by atoms with van der Waals surface area (Å²) >= 11 is 6.64. The Hall–Kier alpha value is -2.88. The van der Waals surface area contributed by atoms with Gasteiger partial charge in [0.15, 0.2) is 15.4 Å². The molecule has 0 saturated carbocycles. The lowest BCUT2D eigenvalue weighted by atomic mass is 9.86. The van der Waals surface area contributed by atoms with Gasteiger partial charge in [0.25, 0.3) is 0 Å². The Morgan fingerprint density at radius 2 is 1.97 bits per heavy atom. The number of esters is 2. The maximum absolute atomic E-state index is 13.1. The molecule has 8 nitrogen and oxygen atoms in total. The van der Waals surface area contributed by atoms with Gasteiger partial charge < -0.3 is 15.2 Å². The summed E-state index contributed by atoms with van der Waals surface area (Å²) in [7, 11) is -2.05. The van der Waals surface area contributed by atoms with Gasteiger partial charge in [0.2, 0.25) is 0 Å². The number of halogens is 1. The maximum Gasteiger partial charge on any atom is 0.341 e. The molecule has 0 aliphatic carbocycles. The van der Waals surface area contributed by atoms with Gasteiger partial charge in [-0.1, -0.05) is 23.7 Å². The highest BCUT2D eigenvalue weighted by Crippen LogP contribution is 2.43. The van der Waals surface area contributed by atoms with E-state index in [2.05, 4.69) is 0 Å². The summed E-state index contributed by atoms with van der Waals surface area (Å²) in [5, 5.41) is 0.347. The van der Waals surface area contributed by atoms with Crippen molar-refractivity contribution in [3.63, 3.8) is 0 Å². The van der Waals surface area contributed by atoms with Crippen LogP contribution in [0.5, 0.6) is 0 Å². The Bertz CT molecular complexity index is 1390. The summed E-state index contributed by atoms with van der Waals surface area (Å²) < 4.78 is 34.8. The summed E-state index contributed by atoms with van der Waals surface area (Å²) in [5.74, 6) is -0.900. The molecule has 2 aliphatic heterocycles. The van der Waals surface area contributed by atoms with Crippen molar-refractivity contribution in [1.82, 2.24) is 4.90 Å². The topological polar surface area (TPSA) is 116 Å². The second kappa shape index (κ2) is 9.53. The van der Waals surface area contributed by atoms with Crippen molar-refractivity contribution in [2.75, 3.05) is 26.5 Å². The summed E-state index contributed by atoms with van der Waals surface area (Å²) in [5.41, 5.74) is 8.72. The number of piperidine rings is 1. The average Bonchev–Trinajstić information content (AvgIpc) is 3.07. The van der Waals surface area contributed by atoms with Crippen molar-refractivity contribution >= 4 is 38.9 Å². The number of hydrogen-bond donors (Lipinski definition) is 1. The fourth-order valence-electron chi connectivity index (χ4n) is 4.95. The molecular weight excluding hydrogens is 504 g/mol. The molecule has 1 saturated heterocycles. The number of ether oxygens (including phenoxy) is 2. The van der Waals surface area contributed by atoms with E-state index in [9.17, 15) is 18.0 Å². The van der Waals surface area contributed by atoms with E-state index in [0.717, 1.165) is 11.8 Å². The second-order valence-corrected chi connectivity index (χ2v) is 11.8. The molecule has 0 amide bonds. The lowest BCUT2D eigenvalue weighted by molar-refractivity contribution is -0.154. The third-order valence-electron chi connectivity index (χ3n) is 6.98. The van der Waals surface area contributed by atoms with E-state index in [0.29, 0.717) is 46.8 Å².